The fourth-order valence-electron chi connectivity index (χ4n) is 2.63. The highest BCUT2D eigenvalue weighted by atomic mass is 16.5. The van der Waals surface area contributed by atoms with Crippen molar-refractivity contribution in [1.82, 2.24) is 10.2 Å². The number of piperazine rings is 1. The van der Waals surface area contributed by atoms with Crippen LogP contribution in [0.5, 0.6) is 5.75 Å². The molecule has 0 aromatic heterocycles. The zero-order valence-corrected chi connectivity index (χ0v) is 12.1. The molecule has 1 heterocycles. The van der Waals surface area contributed by atoms with Gasteiger partial charge >= 0.3 is 0 Å². The summed E-state index contributed by atoms with van der Waals surface area (Å²) in [5.74, 6) is 1.73. The summed E-state index contributed by atoms with van der Waals surface area (Å²) in [5, 5.41) is 3.61. The maximum absolute atomic E-state index is 5.76. The van der Waals surface area contributed by atoms with Gasteiger partial charge in [-0.15, -0.1) is 0 Å². The highest BCUT2D eigenvalue weighted by Gasteiger charge is 2.19. The van der Waals surface area contributed by atoms with Gasteiger partial charge in [0.2, 0.25) is 0 Å². The van der Waals surface area contributed by atoms with Gasteiger partial charge in [0.05, 0.1) is 0 Å². The van der Waals surface area contributed by atoms with E-state index in [1.165, 1.54) is 6.42 Å². The quantitative estimate of drug-likeness (QED) is 0.852. The largest absolute Gasteiger partial charge is 0.492 e. The van der Waals surface area contributed by atoms with E-state index in [9.17, 15) is 0 Å². The fraction of sp³-hybridized carbons (Fsp3) is 0.625. The van der Waals surface area contributed by atoms with E-state index in [-0.39, 0.29) is 0 Å². The first-order valence-electron chi connectivity index (χ1n) is 7.37. The van der Waals surface area contributed by atoms with E-state index in [4.69, 9.17) is 4.74 Å². The smallest absolute Gasteiger partial charge is 0.119 e. The highest BCUT2D eigenvalue weighted by molar-refractivity contribution is 5.20. The topological polar surface area (TPSA) is 24.5 Å². The second-order valence-electron chi connectivity index (χ2n) is 5.74. The number of nitrogens with one attached hydrogen (secondary N) is 1. The molecule has 1 saturated heterocycles. The summed E-state index contributed by atoms with van der Waals surface area (Å²) in [7, 11) is 0. The average molecular weight is 262 g/mol. The summed E-state index contributed by atoms with van der Waals surface area (Å²) in [6, 6.07) is 10.7. The third-order valence-corrected chi connectivity index (χ3v) is 3.52. The Balaban J connectivity index is 1.68. The average Bonchev–Trinajstić information content (AvgIpc) is 2.40. The molecule has 1 aromatic carbocycles. The van der Waals surface area contributed by atoms with Gasteiger partial charge in [0.1, 0.15) is 12.4 Å². The van der Waals surface area contributed by atoms with Crippen molar-refractivity contribution in [3.05, 3.63) is 30.3 Å². The van der Waals surface area contributed by atoms with Gasteiger partial charge in [0.25, 0.3) is 0 Å². The predicted molar refractivity (Wildman–Crippen MR) is 79.6 cm³/mol. The standard InChI is InChI=1S/C16H26N2O/c1-14(2)12-15-13-18(9-8-17-15)10-11-19-16-6-4-3-5-7-16/h3-7,14-15,17H,8-13H2,1-2H3. The maximum Gasteiger partial charge on any atom is 0.119 e. The number of para-hydroxylation sites is 1. The van der Waals surface area contributed by atoms with Crippen LogP contribution in [0.2, 0.25) is 0 Å². The number of rotatable bonds is 6. The molecule has 2 rings (SSSR count). The Labute approximate surface area is 116 Å². The van der Waals surface area contributed by atoms with E-state index in [0.29, 0.717) is 6.04 Å². The van der Waals surface area contributed by atoms with Gasteiger partial charge in [-0.2, -0.15) is 0 Å². The van der Waals surface area contributed by atoms with E-state index in [2.05, 4.69) is 24.1 Å². The molecule has 19 heavy (non-hydrogen) atoms. The molecule has 0 bridgehead atoms. The minimum Gasteiger partial charge on any atom is -0.492 e. The fourth-order valence-corrected chi connectivity index (χ4v) is 2.63. The van der Waals surface area contributed by atoms with Crippen LogP contribution in [0.3, 0.4) is 0 Å². The molecule has 0 spiro atoms. The van der Waals surface area contributed by atoms with Crippen LogP contribution >= 0.6 is 0 Å². The Bertz CT molecular complexity index is 353. The first kappa shape index (κ1) is 14.4. The molecular weight excluding hydrogens is 236 g/mol. The van der Waals surface area contributed by atoms with Crippen LogP contribution in [0, 0.1) is 5.92 Å². The number of benzene rings is 1. The Morgan fingerprint density at radius 2 is 2.11 bits per heavy atom. The molecular formula is C16H26N2O. The van der Waals surface area contributed by atoms with E-state index >= 15 is 0 Å². The Kier molecular flexibility index (Phi) is 5.67. The van der Waals surface area contributed by atoms with Crippen LogP contribution in [0.1, 0.15) is 20.3 Å². The third-order valence-electron chi connectivity index (χ3n) is 3.52. The van der Waals surface area contributed by atoms with E-state index in [1.807, 2.05) is 30.3 Å². The molecule has 3 nitrogen and oxygen atoms in total. The predicted octanol–water partition coefficient (Wildman–Crippen LogP) is 2.39. The second kappa shape index (κ2) is 7.51. The van der Waals surface area contributed by atoms with Crippen molar-refractivity contribution in [3.63, 3.8) is 0 Å². The van der Waals surface area contributed by atoms with E-state index in [1.54, 1.807) is 0 Å². The normalized spacial score (nSPS) is 20.7. The summed E-state index contributed by atoms with van der Waals surface area (Å²) in [6.07, 6.45) is 1.26. The molecule has 1 atom stereocenters. The first-order valence-corrected chi connectivity index (χ1v) is 7.37. The van der Waals surface area contributed by atoms with E-state index in [0.717, 1.165) is 44.5 Å². The molecule has 1 aliphatic heterocycles. The Morgan fingerprint density at radius 1 is 1.32 bits per heavy atom. The van der Waals surface area contributed by atoms with Gasteiger partial charge in [0.15, 0.2) is 0 Å². The minimum absolute atomic E-state index is 0.644. The number of ether oxygens (including phenoxy) is 1. The van der Waals surface area contributed by atoms with Crippen LogP contribution in [-0.4, -0.2) is 43.7 Å². The highest BCUT2D eigenvalue weighted by Crippen LogP contribution is 2.11. The lowest BCUT2D eigenvalue weighted by molar-refractivity contribution is 0.157. The number of hydrogen-bond donors (Lipinski definition) is 1. The zero-order valence-electron chi connectivity index (χ0n) is 12.1. The van der Waals surface area contributed by atoms with Crippen LogP contribution in [0.4, 0.5) is 0 Å². The molecule has 1 fully saturated rings. The van der Waals surface area contributed by atoms with Crippen molar-refractivity contribution in [2.24, 2.45) is 5.92 Å². The lowest BCUT2D eigenvalue weighted by Crippen LogP contribution is -2.51. The molecule has 1 N–H and O–H groups in total. The lowest BCUT2D eigenvalue weighted by Gasteiger charge is -2.34. The molecule has 0 saturated carbocycles. The van der Waals surface area contributed by atoms with Crippen LogP contribution in [0.25, 0.3) is 0 Å². The number of nitrogens with zero attached hydrogens (tertiary/aromatic N) is 1. The van der Waals surface area contributed by atoms with Crippen molar-refractivity contribution >= 4 is 0 Å². The third kappa shape index (κ3) is 5.21. The van der Waals surface area contributed by atoms with Crippen LogP contribution in [0.15, 0.2) is 30.3 Å². The van der Waals surface area contributed by atoms with Gasteiger partial charge in [-0.1, -0.05) is 32.0 Å². The summed E-state index contributed by atoms with van der Waals surface area (Å²) in [6.45, 7) is 9.76. The van der Waals surface area contributed by atoms with Gasteiger partial charge in [-0.25, -0.2) is 0 Å². The zero-order chi connectivity index (χ0) is 13.5. The van der Waals surface area contributed by atoms with Gasteiger partial charge in [-0.3, -0.25) is 4.90 Å². The summed E-state index contributed by atoms with van der Waals surface area (Å²) < 4.78 is 5.76. The Morgan fingerprint density at radius 3 is 2.84 bits per heavy atom. The van der Waals surface area contributed by atoms with Crippen LogP contribution in [-0.2, 0) is 0 Å². The van der Waals surface area contributed by atoms with Crippen molar-refractivity contribution in [2.75, 3.05) is 32.8 Å². The molecule has 1 aliphatic rings. The van der Waals surface area contributed by atoms with Gasteiger partial charge in [0, 0.05) is 32.2 Å². The molecule has 3 heteroatoms. The number of hydrogen-bond acceptors (Lipinski definition) is 3. The summed E-state index contributed by atoms with van der Waals surface area (Å²) in [5.41, 5.74) is 0. The second-order valence-corrected chi connectivity index (χ2v) is 5.74. The van der Waals surface area contributed by atoms with Crippen molar-refractivity contribution in [3.8, 4) is 5.75 Å². The van der Waals surface area contributed by atoms with Crippen molar-refractivity contribution < 1.29 is 4.74 Å². The van der Waals surface area contributed by atoms with Gasteiger partial charge < -0.3 is 10.1 Å². The van der Waals surface area contributed by atoms with Crippen molar-refractivity contribution in [2.45, 2.75) is 26.3 Å². The summed E-state index contributed by atoms with van der Waals surface area (Å²) >= 11 is 0. The van der Waals surface area contributed by atoms with Crippen molar-refractivity contribution in [1.29, 1.82) is 0 Å². The molecule has 1 unspecified atom stereocenters. The molecule has 0 amide bonds. The molecule has 1 aromatic rings. The molecule has 106 valence electrons. The monoisotopic (exact) mass is 262 g/mol. The lowest BCUT2D eigenvalue weighted by atomic mass is 10.0. The molecule has 0 radical (unpaired) electrons. The Hall–Kier alpha value is -1.06. The SMILES string of the molecule is CC(C)CC1CN(CCOc2ccccc2)CCN1. The first-order chi connectivity index (χ1) is 9.24. The van der Waals surface area contributed by atoms with Gasteiger partial charge in [-0.05, 0) is 24.5 Å². The van der Waals surface area contributed by atoms with Crippen LogP contribution < -0.4 is 10.1 Å². The minimum atomic E-state index is 0.644. The maximum atomic E-state index is 5.76. The molecule has 0 aliphatic carbocycles. The summed E-state index contributed by atoms with van der Waals surface area (Å²) in [4.78, 5) is 2.51. The van der Waals surface area contributed by atoms with E-state index < -0.39 is 0 Å².